The van der Waals surface area contributed by atoms with Crippen molar-refractivity contribution in [2.45, 2.75) is 19.8 Å². The summed E-state index contributed by atoms with van der Waals surface area (Å²) in [5, 5.41) is 11.5. The lowest BCUT2D eigenvalue weighted by molar-refractivity contribution is -0.115. The van der Waals surface area contributed by atoms with Crippen molar-refractivity contribution in [3.63, 3.8) is 0 Å². The summed E-state index contributed by atoms with van der Waals surface area (Å²) in [6.07, 6.45) is 2.71. The molecule has 1 aliphatic carbocycles. The van der Waals surface area contributed by atoms with Crippen LogP contribution in [0.5, 0.6) is 0 Å². The van der Waals surface area contributed by atoms with Gasteiger partial charge < -0.3 is 5.32 Å². The van der Waals surface area contributed by atoms with Gasteiger partial charge in [0, 0.05) is 23.8 Å². The molecule has 1 unspecified atom stereocenters. The minimum atomic E-state index is -0.287. The molecule has 0 bridgehead atoms. The first kappa shape index (κ1) is 13.0. The van der Waals surface area contributed by atoms with Gasteiger partial charge in [-0.25, -0.2) is 0 Å². The van der Waals surface area contributed by atoms with E-state index in [0.717, 1.165) is 0 Å². The molecule has 19 heavy (non-hydrogen) atoms. The molecule has 0 aliphatic heterocycles. The second-order valence-electron chi connectivity index (χ2n) is 4.80. The highest BCUT2D eigenvalue weighted by molar-refractivity contribution is 5.97. The molecule has 4 nitrogen and oxygen atoms in total. The molecule has 1 amide bonds. The zero-order valence-corrected chi connectivity index (χ0v) is 10.6. The van der Waals surface area contributed by atoms with Crippen LogP contribution in [0, 0.1) is 17.2 Å². The van der Waals surface area contributed by atoms with E-state index in [1.54, 1.807) is 18.2 Å². The first-order chi connectivity index (χ1) is 9.08. The number of carbonyl (C=O) groups excluding carboxylic acids is 2. The maximum atomic E-state index is 12.0. The molecule has 0 spiro atoms. The van der Waals surface area contributed by atoms with E-state index < -0.39 is 0 Å². The van der Waals surface area contributed by atoms with Crippen molar-refractivity contribution in [1.29, 1.82) is 5.26 Å². The number of hydrogen-bond donors (Lipinski definition) is 1. The van der Waals surface area contributed by atoms with Crippen molar-refractivity contribution >= 4 is 11.7 Å². The summed E-state index contributed by atoms with van der Waals surface area (Å²) in [4.78, 5) is 23.5. The molecule has 0 aromatic heterocycles. The maximum absolute atomic E-state index is 12.0. The SMILES string of the molecule is CC1CC(=O)C=C(NC(=O)c2cccc(C#N)c2)C1. The topological polar surface area (TPSA) is 70.0 Å². The Morgan fingerprint density at radius 1 is 1.42 bits per heavy atom. The first-order valence-electron chi connectivity index (χ1n) is 6.13. The molecule has 0 heterocycles. The van der Waals surface area contributed by atoms with E-state index in [2.05, 4.69) is 5.32 Å². The number of rotatable bonds is 2. The van der Waals surface area contributed by atoms with Crippen LogP contribution in [0.15, 0.2) is 36.0 Å². The largest absolute Gasteiger partial charge is 0.326 e. The molecule has 0 radical (unpaired) electrons. The molecule has 96 valence electrons. The molecule has 1 aromatic carbocycles. The minimum Gasteiger partial charge on any atom is -0.326 e. The van der Waals surface area contributed by atoms with Gasteiger partial charge in [-0.05, 0) is 30.5 Å². The van der Waals surface area contributed by atoms with E-state index in [-0.39, 0.29) is 17.6 Å². The fourth-order valence-corrected chi connectivity index (χ4v) is 2.14. The van der Waals surface area contributed by atoms with Crippen molar-refractivity contribution < 1.29 is 9.59 Å². The Balaban J connectivity index is 2.13. The minimum absolute atomic E-state index is 0.0415. The summed E-state index contributed by atoms with van der Waals surface area (Å²) < 4.78 is 0. The third-order valence-electron chi connectivity index (χ3n) is 2.98. The smallest absolute Gasteiger partial charge is 0.255 e. The molecule has 4 heteroatoms. The van der Waals surface area contributed by atoms with E-state index in [1.165, 1.54) is 12.1 Å². The fraction of sp³-hybridized carbons (Fsp3) is 0.267. The number of ketones is 1. The molecule has 2 rings (SSSR count). The normalized spacial score (nSPS) is 18.4. The van der Waals surface area contributed by atoms with E-state index in [1.807, 2.05) is 13.0 Å². The van der Waals surface area contributed by atoms with Crippen LogP contribution in [0.1, 0.15) is 35.7 Å². The van der Waals surface area contributed by atoms with Gasteiger partial charge in [0.2, 0.25) is 0 Å². The molecule has 0 fully saturated rings. The fourth-order valence-electron chi connectivity index (χ4n) is 2.14. The number of allylic oxidation sites excluding steroid dienone is 2. The monoisotopic (exact) mass is 254 g/mol. The predicted octanol–water partition coefficient (Wildman–Crippen LogP) is 2.17. The van der Waals surface area contributed by atoms with Crippen molar-refractivity contribution in [2.75, 3.05) is 0 Å². The summed E-state index contributed by atoms with van der Waals surface area (Å²) in [5.74, 6) is 0.00307. The number of benzene rings is 1. The maximum Gasteiger partial charge on any atom is 0.255 e. The molecular weight excluding hydrogens is 240 g/mol. The van der Waals surface area contributed by atoms with Crippen LogP contribution < -0.4 is 5.32 Å². The van der Waals surface area contributed by atoms with E-state index in [4.69, 9.17) is 5.26 Å². The predicted molar refractivity (Wildman–Crippen MR) is 70.1 cm³/mol. The Hall–Kier alpha value is -2.41. The van der Waals surface area contributed by atoms with Crippen molar-refractivity contribution in [2.24, 2.45) is 5.92 Å². The molecule has 0 saturated carbocycles. The van der Waals surface area contributed by atoms with Crippen LogP contribution in [-0.4, -0.2) is 11.7 Å². The van der Waals surface area contributed by atoms with E-state index >= 15 is 0 Å². The average Bonchev–Trinajstić information content (AvgIpc) is 2.37. The van der Waals surface area contributed by atoms with Crippen molar-refractivity contribution in [3.8, 4) is 6.07 Å². The summed E-state index contributed by atoms with van der Waals surface area (Å²) >= 11 is 0. The van der Waals surface area contributed by atoms with Gasteiger partial charge in [0.1, 0.15) is 0 Å². The molecule has 1 aliphatic rings. The Labute approximate surface area is 111 Å². The Bertz CT molecular complexity index is 596. The Morgan fingerprint density at radius 2 is 2.21 bits per heavy atom. The number of nitriles is 1. The highest BCUT2D eigenvalue weighted by atomic mass is 16.1. The molecular formula is C15H14N2O2. The van der Waals surface area contributed by atoms with Gasteiger partial charge in [-0.15, -0.1) is 0 Å². The van der Waals surface area contributed by atoms with Gasteiger partial charge >= 0.3 is 0 Å². The molecule has 0 saturated heterocycles. The van der Waals surface area contributed by atoms with Gasteiger partial charge in [0.15, 0.2) is 5.78 Å². The summed E-state index contributed by atoms with van der Waals surface area (Å²) in [6, 6.07) is 8.47. The van der Waals surface area contributed by atoms with Crippen LogP contribution in [-0.2, 0) is 4.79 Å². The van der Waals surface area contributed by atoms with Gasteiger partial charge in [-0.3, -0.25) is 9.59 Å². The first-order valence-corrected chi connectivity index (χ1v) is 6.13. The lowest BCUT2D eigenvalue weighted by atomic mass is 9.93. The highest BCUT2D eigenvalue weighted by Crippen LogP contribution is 2.20. The second kappa shape index (κ2) is 5.49. The average molecular weight is 254 g/mol. The number of hydrogen-bond acceptors (Lipinski definition) is 3. The van der Waals surface area contributed by atoms with Gasteiger partial charge in [-0.1, -0.05) is 13.0 Å². The molecule has 1 aromatic rings. The van der Waals surface area contributed by atoms with Gasteiger partial charge in [0.25, 0.3) is 5.91 Å². The van der Waals surface area contributed by atoms with E-state index in [9.17, 15) is 9.59 Å². The number of nitrogens with zero attached hydrogens (tertiary/aromatic N) is 1. The lowest BCUT2D eigenvalue weighted by Crippen LogP contribution is -2.27. The van der Waals surface area contributed by atoms with Gasteiger partial charge in [-0.2, -0.15) is 5.26 Å². The van der Waals surface area contributed by atoms with Crippen LogP contribution >= 0.6 is 0 Å². The molecule has 1 N–H and O–H groups in total. The zero-order valence-electron chi connectivity index (χ0n) is 10.6. The van der Waals surface area contributed by atoms with Crippen LogP contribution in [0.2, 0.25) is 0 Å². The van der Waals surface area contributed by atoms with Crippen molar-refractivity contribution in [1.82, 2.24) is 5.32 Å². The number of carbonyl (C=O) groups is 2. The lowest BCUT2D eigenvalue weighted by Gasteiger charge is -2.18. The third kappa shape index (κ3) is 3.29. The Morgan fingerprint density at radius 3 is 2.89 bits per heavy atom. The quantitative estimate of drug-likeness (QED) is 0.879. The number of nitrogens with one attached hydrogen (secondary N) is 1. The van der Waals surface area contributed by atoms with Crippen molar-refractivity contribution in [3.05, 3.63) is 47.2 Å². The van der Waals surface area contributed by atoms with Crippen LogP contribution in [0.3, 0.4) is 0 Å². The third-order valence-corrected chi connectivity index (χ3v) is 2.98. The summed E-state index contributed by atoms with van der Waals surface area (Å²) in [6.45, 7) is 1.98. The number of amides is 1. The van der Waals surface area contributed by atoms with Crippen LogP contribution in [0.4, 0.5) is 0 Å². The standard InChI is InChI=1S/C15H14N2O2/c1-10-5-13(8-14(18)6-10)17-15(19)12-4-2-3-11(7-12)9-16/h2-4,7-8,10H,5-6H2,1H3,(H,17,19). The second-order valence-corrected chi connectivity index (χ2v) is 4.80. The zero-order chi connectivity index (χ0) is 13.8. The van der Waals surface area contributed by atoms with Gasteiger partial charge in [0.05, 0.1) is 11.6 Å². The highest BCUT2D eigenvalue weighted by Gasteiger charge is 2.18. The molecule has 1 atom stereocenters. The summed E-state index contributed by atoms with van der Waals surface area (Å²) in [5.41, 5.74) is 1.51. The summed E-state index contributed by atoms with van der Waals surface area (Å²) in [7, 11) is 0. The van der Waals surface area contributed by atoms with E-state index in [0.29, 0.717) is 29.7 Å². The van der Waals surface area contributed by atoms with Crippen LogP contribution in [0.25, 0.3) is 0 Å². The Kier molecular flexibility index (Phi) is 3.76.